The van der Waals surface area contributed by atoms with Gasteiger partial charge in [-0.15, -0.1) is 0 Å². The molecule has 1 aliphatic heterocycles. The molecule has 0 radical (unpaired) electrons. The summed E-state index contributed by atoms with van der Waals surface area (Å²) < 4.78 is 0. The number of nitrogens with one attached hydrogen (secondary N) is 2. The van der Waals surface area contributed by atoms with E-state index in [0.29, 0.717) is 6.04 Å². The summed E-state index contributed by atoms with van der Waals surface area (Å²) in [7, 11) is 0. The summed E-state index contributed by atoms with van der Waals surface area (Å²) in [5, 5.41) is 6.43. The van der Waals surface area contributed by atoms with Crippen LogP contribution in [0.3, 0.4) is 0 Å². The molecule has 1 saturated heterocycles. The molecule has 0 aromatic heterocycles. The van der Waals surface area contributed by atoms with E-state index in [4.69, 9.17) is 0 Å². The first-order chi connectivity index (χ1) is 6.71. The highest BCUT2D eigenvalue weighted by Gasteiger charge is 2.37. The van der Waals surface area contributed by atoms with Crippen LogP contribution in [-0.2, 0) is 4.79 Å². The Morgan fingerprint density at radius 1 is 1.43 bits per heavy atom. The Hall–Kier alpha value is -0.570. The summed E-state index contributed by atoms with van der Waals surface area (Å²) >= 11 is 0. The van der Waals surface area contributed by atoms with Crippen molar-refractivity contribution in [3.63, 3.8) is 0 Å². The highest BCUT2D eigenvalue weighted by Crippen LogP contribution is 2.37. The van der Waals surface area contributed by atoms with Crippen molar-refractivity contribution in [1.29, 1.82) is 0 Å². The molecule has 1 heterocycles. The Morgan fingerprint density at radius 3 is 2.71 bits per heavy atom. The summed E-state index contributed by atoms with van der Waals surface area (Å²) in [6.07, 6.45) is 5.65. The van der Waals surface area contributed by atoms with Crippen molar-refractivity contribution in [2.45, 2.75) is 45.1 Å². The molecule has 2 rings (SSSR count). The van der Waals surface area contributed by atoms with Crippen LogP contribution in [0.15, 0.2) is 0 Å². The summed E-state index contributed by atoms with van der Waals surface area (Å²) in [5.74, 6) is 0.281. The number of carbonyl (C=O) groups is 1. The Morgan fingerprint density at radius 2 is 2.14 bits per heavy atom. The SMILES string of the molecule is CC1(C(=O)N[C@@H]2CCNC2)CCCC1. The molecule has 0 bridgehead atoms. The fraction of sp³-hybridized carbons (Fsp3) is 0.909. The van der Waals surface area contributed by atoms with Crippen LogP contribution in [0, 0.1) is 5.41 Å². The highest BCUT2D eigenvalue weighted by molar-refractivity contribution is 5.82. The van der Waals surface area contributed by atoms with Gasteiger partial charge < -0.3 is 10.6 Å². The minimum Gasteiger partial charge on any atom is -0.352 e. The Bertz CT molecular complexity index is 215. The monoisotopic (exact) mass is 196 g/mol. The predicted molar refractivity (Wildman–Crippen MR) is 56.0 cm³/mol. The first-order valence-corrected chi connectivity index (χ1v) is 5.72. The molecule has 1 amide bonds. The molecule has 3 nitrogen and oxygen atoms in total. The summed E-state index contributed by atoms with van der Waals surface area (Å²) in [6, 6.07) is 0.375. The van der Waals surface area contributed by atoms with E-state index in [2.05, 4.69) is 17.6 Å². The van der Waals surface area contributed by atoms with E-state index in [1.54, 1.807) is 0 Å². The van der Waals surface area contributed by atoms with Gasteiger partial charge in [0.2, 0.25) is 5.91 Å². The van der Waals surface area contributed by atoms with E-state index >= 15 is 0 Å². The molecule has 0 unspecified atom stereocenters. The van der Waals surface area contributed by atoms with E-state index < -0.39 is 0 Å². The molecule has 0 aromatic carbocycles. The van der Waals surface area contributed by atoms with E-state index in [-0.39, 0.29) is 11.3 Å². The molecule has 2 aliphatic rings. The number of rotatable bonds is 2. The molecule has 3 heteroatoms. The van der Waals surface area contributed by atoms with Crippen LogP contribution < -0.4 is 10.6 Å². The first-order valence-electron chi connectivity index (χ1n) is 5.72. The maximum absolute atomic E-state index is 12.0. The fourth-order valence-electron chi connectivity index (χ4n) is 2.52. The molecule has 1 atom stereocenters. The van der Waals surface area contributed by atoms with Crippen LogP contribution >= 0.6 is 0 Å². The van der Waals surface area contributed by atoms with Crippen LogP contribution in [0.25, 0.3) is 0 Å². The smallest absolute Gasteiger partial charge is 0.226 e. The van der Waals surface area contributed by atoms with Gasteiger partial charge in [0.05, 0.1) is 0 Å². The second kappa shape index (κ2) is 3.89. The lowest BCUT2D eigenvalue weighted by Crippen LogP contribution is -2.43. The van der Waals surface area contributed by atoms with Crippen LogP contribution in [0.2, 0.25) is 0 Å². The minimum absolute atomic E-state index is 0.0669. The van der Waals surface area contributed by atoms with Gasteiger partial charge in [-0.3, -0.25) is 4.79 Å². The molecule has 0 aromatic rings. The average molecular weight is 196 g/mol. The number of carbonyl (C=O) groups excluding carboxylic acids is 1. The van der Waals surface area contributed by atoms with Gasteiger partial charge in [0.15, 0.2) is 0 Å². The Kier molecular flexibility index (Phi) is 2.77. The predicted octanol–water partition coefficient (Wildman–Crippen LogP) is 1.04. The molecule has 0 spiro atoms. The average Bonchev–Trinajstić information content (AvgIpc) is 2.76. The van der Waals surface area contributed by atoms with Crippen molar-refractivity contribution >= 4 is 5.91 Å². The van der Waals surface area contributed by atoms with Gasteiger partial charge in [-0.1, -0.05) is 19.8 Å². The van der Waals surface area contributed by atoms with Crippen molar-refractivity contribution < 1.29 is 4.79 Å². The maximum atomic E-state index is 12.0. The largest absolute Gasteiger partial charge is 0.352 e. The molecular formula is C11H20N2O. The zero-order valence-corrected chi connectivity index (χ0v) is 8.94. The lowest BCUT2D eigenvalue weighted by atomic mass is 9.87. The minimum atomic E-state index is -0.0669. The summed E-state index contributed by atoms with van der Waals surface area (Å²) in [5.41, 5.74) is -0.0669. The number of hydrogen-bond donors (Lipinski definition) is 2. The van der Waals surface area contributed by atoms with E-state index in [9.17, 15) is 4.79 Å². The molecule has 14 heavy (non-hydrogen) atoms. The second-order valence-electron chi connectivity index (χ2n) is 4.93. The lowest BCUT2D eigenvalue weighted by molar-refractivity contribution is -0.130. The highest BCUT2D eigenvalue weighted by atomic mass is 16.2. The molecule has 1 aliphatic carbocycles. The van der Waals surface area contributed by atoms with E-state index in [1.165, 1.54) is 12.8 Å². The van der Waals surface area contributed by atoms with E-state index in [1.807, 2.05) is 0 Å². The van der Waals surface area contributed by atoms with Gasteiger partial charge in [-0.25, -0.2) is 0 Å². The van der Waals surface area contributed by atoms with Gasteiger partial charge in [-0.05, 0) is 25.8 Å². The second-order valence-corrected chi connectivity index (χ2v) is 4.93. The summed E-state index contributed by atoms with van der Waals surface area (Å²) in [4.78, 5) is 12.0. The van der Waals surface area contributed by atoms with Gasteiger partial charge in [-0.2, -0.15) is 0 Å². The number of hydrogen-bond acceptors (Lipinski definition) is 2. The molecule has 1 saturated carbocycles. The van der Waals surface area contributed by atoms with Gasteiger partial charge >= 0.3 is 0 Å². The quantitative estimate of drug-likeness (QED) is 0.693. The molecule has 2 fully saturated rings. The Balaban J connectivity index is 1.87. The van der Waals surface area contributed by atoms with Gasteiger partial charge in [0.25, 0.3) is 0 Å². The zero-order chi connectivity index (χ0) is 10.0. The van der Waals surface area contributed by atoms with Gasteiger partial charge in [0, 0.05) is 18.0 Å². The van der Waals surface area contributed by atoms with Crippen molar-refractivity contribution in [2.24, 2.45) is 5.41 Å². The Labute approximate surface area is 85.6 Å². The zero-order valence-electron chi connectivity index (χ0n) is 8.94. The van der Waals surface area contributed by atoms with Crippen molar-refractivity contribution in [3.05, 3.63) is 0 Å². The van der Waals surface area contributed by atoms with Crippen molar-refractivity contribution in [2.75, 3.05) is 13.1 Å². The van der Waals surface area contributed by atoms with Crippen molar-refractivity contribution in [1.82, 2.24) is 10.6 Å². The van der Waals surface area contributed by atoms with E-state index in [0.717, 1.165) is 32.4 Å². The third kappa shape index (κ3) is 1.92. The molecular weight excluding hydrogens is 176 g/mol. The van der Waals surface area contributed by atoms with Crippen LogP contribution in [0.5, 0.6) is 0 Å². The number of amides is 1. The topological polar surface area (TPSA) is 41.1 Å². The van der Waals surface area contributed by atoms with Gasteiger partial charge in [0.1, 0.15) is 0 Å². The van der Waals surface area contributed by atoms with Crippen LogP contribution in [0.4, 0.5) is 0 Å². The first kappa shape index (κ1) is 9.97. The van der Waals surface area contributed by atoms with Crippen molar-refractivity contribution in [3.8, 4) is 0 Å². The molecule has 2 N–H and O–H groups in total. The van der Waals surface area contributed by atoms with Crippen LogP contribution in [0.1, 0.15) is 39.0 Å². The van der Waals surface area contributed by atoms with Crippen LogP contribution in [-0.4, -0.2) is 25.0 Å². The normalized spacial score (nSPS) is 30.5. The summed E-state index contributed by atoms with van der Waals surface area (Å²) in [6.45, 7) is 4.10. The third-order valence-electron chi connectivity index (χ3n) is 3.65. The molecule has 80 valence electrons. The fourth-order valence-corrected chi connectivity index (χ4v) is 2.52. The standard InChI is InChI=1S/C11H20N2O/c1-11(5-2-3-6-11)10(14)13-9-4-7-12-8-9/h9,12H,2-8H2,1H3,(H,13,14)/t9-/m1/s1. The maximum Gasteiger partial charge on any atom is 0.226 e. The third-order valence-corrected chi connectivity index (χ3v) is 3.65. The lowest BCUT2D eigenvalue weighted by Gasteiger charge is -2.24.